The number of aromatic carboxylic acids is 1. The van der Waals surface area contributed by atoms with E-state index < -0.39 is 5.97 Å². The number of hydrogen-bond donors (Lipinski definition) is 1. The number of carboxylic acids is 1. The zero-order valence-corrected chi connectivity index (χ0v) is 7.26. The minimum atomic E-state index is -0.999. The van der Waals surface area contributed by atoms with Gasteiger partial charge in [0.2, 0.25) is 0 Å². The van der Waals surface area contributed by atoms with Crippen LogP contribution in [0.2, 0.25) is 5.15 Å². The fraction of sp³-hybridized carbons (Fsp3) is 0. The Balaban J connectivity index is 2.83. The van der Waals surface area contributed by atoms with Gasteiger partial charge in [-0.1, -0.05) is 11.6 Å². The summed E-state index contributed by atoms with van der Waals surface area (Å²) in [6.07, 6.45) is 1.43. The van der Waals surface area contributed by atoms with Gasteiger partial charge < -0.3 is 5.11 Å². The molecule has 2 heterocycles. The summed E-state index contributed by atoms with van der Waals surface area (Å²) in [7, 11) is 0. The summed E-state index contributed by atoms with van der Waals surface area (Å²) in [6.45, 7) is 0. The molecule has 0 atom stereocenters. The lowest BCUT2D eigenvalue weighted by atomic mass is 10.5. The molecule has 0 unspecified atom stereocenters. The molecule has 0 saturated carbocycles. The van der Waals surface area contributed by atoms with Crippen molar-refractivity contribution in [3.8, 4) is 0 Å². The summed E-state index contributed by atoms with van der Waals surface area (Å²) in [5, 5.41) is 10.5. The molecule has 2 rings (SSSR count). The number of imidazole rings is 1. The number of fused-ring (bicyclic) bond motifs is 1. The highest BCUT2D eigenvalue weighted by atomic mass is 35.5. The molecule has 0 aromatic carbocycles. The van der Waals surface area contributed by atoms with E-state index in [-0.39, 0.29) is 5.69 Å². The molecule has 2 aromatic rings. The largest absolute Gasteiger partial charge is 0.477 e. The molecule has 12 heavy (non-hydrogen) atoms. The smallest absolute Gasteiger partial charge is 0.353 e. The lowest BCUT2D eigenvalue weighted by Gasteiger charge is -1.90. The maximum atomic E-state index is 10.6. The zero-order chi connectivity index (χ0) is 8.72. The Morgan fingerprint density at radius 1 is 1.75 bits per heavy atom. The molecule has 6 heteroatoms. The molecule has 0 aliphatic rings. The van der Waals surface area contributed by atoms with Gasteiger partial charge in [0.05, 0.1) is 6.20 Å². The Bertz CT molecular complexity index is 447. The first-order valence-electron chi connectivity index (χ1n) is 3.04. The SMILES string of the molecule is O=C(O)c1csc2ncc(Cl)n12. The first-order chi connectivity index (χ1) is 5.70. The molecule has 0 radical (unpaired) electrons. The molecule has 4 nitrogen and oxygen atoms in total. The Kier molecular flexibility index (Phi) is 1.55. The number of nitrogens with zero attached hydrogens (tertiary/aromatic N) is 2. The van der Waals surface area contributed by atoms with Gasteiger partial charge in [-0.15, -0.1) is 11.3 Å². The van der Waals surface area contributed by atoms with Crippen LogP contribution in [-0.4, -0.2) is 20.5 Å². The molecule has 0 saturated heterocycles. The van der Waals surface area contributed by atoms with Crippen molar-refractivity contribution < 1.29 is 9.90 Å². The van der Waals surface area contributed by atoms with Crippen molar-refractivity contribution in [3.63, 3.8) is 0 Å². The Labute approximate surface area is 76.0 Å². The number of rotatable bonds is 1. The van der Waals surface area contributed by atoms with Crippen LogP contribution in [0.5, 0.6) is 0 Å². The first kappa shape index (κ1) is 7.57. The predicted octanol–water partition coefficient (Wildman–Crippen LogP) is 1.75. The average molecular weight is 203 g/mol. The van der Waals surface area contributed by atoms with E-state index in [1.165, 1.54) is 27.3 Å². The van der Waals surface area contributed by atoms with Crippen LogP contribution in [0.3, 0.4) is 0 Å². The van der Waals surface area contributed by atoms with E-state index in [0.717, 1.165) is 0 Å². The summed E-state index contributed by atoms with van der Waals surface area (Å²) < 4.78 is 1.40. The van der Waals surface area contributed by atoms with Crippen molar-refractivity contribution in [1.82, 2.24) is 9.38 Å². The average Bonchev–Trinajstić information content (AvgIpc) is 2.53. The van der Waals surface area contributed by atoms with Gasteiger partial charge in [-0.05, 0) is 0 Å². The zero-order valence-electron chi connectivity index (χ0n) is 5.69. The number of halogens is 1. The Hall–Kier alpha value is -1.07. The van der Waals surface area contributed by atoms with Gasteiger partial charge in [0.1, 0.15) is 10.8 Å². The second-order valence-electron chi connectivity index (χ2n) is 2.13. The van der Waals surface area contributed by atoms with Crippen molar-refractivity contribution in [2.75, 3.05) is 0 Å². The highest BCUT2D eigenvalue weighted by Crippen LogP contribution is 2.20. The number of carboxylic acid groups (broad SMARTS) is 1. The third-order valence-electron chi connectivity index (χ3n) is 1.42. The van der Waals surface area contributed by atoms with Crippen molar-refractivity contribution in [1.29, 1.82) is 0 Å². The van der Waals surface area contributed by atoms with Gasteiger partial charge in [0.15, 0.2) is 4.96 Å². The van der Waals surface area contributed by atoms with E-state index in [1.54, 1.807) is 0 Å². The van der Waals surface area contributed by atoms with Crippen molar-refractivity contribution in [3.05, 3.63) is 22.4 Å². The Morgan fingerprint density at radius 3 is 3.17 bits per heavy atom. The predicted molar refractivity (Wildman–Crippen MR) is 45.0 cm³/mol. The fourth-order valence-electron chi connectivity index (χ4n) is 0.924. The van der Waals surface area contributed by atoms with Crippen molar-refractivity contribution in [2.24, 2.45) is 0 Å². The summed E-state index contributed by atoms with van der Waals surface area (Å²) in [5.74, 6) is -0.999. The highest BCUT2D eigenvalue weighted by molar-refractivity contribution is 7.15. The number of hydrogen-bond acceptors (Lipinski definition) is 3. The van der Waals surface area contributed by atoms with Crippen LogP contribution in [0, 0.1) is 0 Å². The van der Waals surface area contributed by atoms with Crippen LogP contribution >= 0.6 is 22.9 Å². The summed E-state index contributed by atoms with van der Waals surface area (Å²) >= 11 is 6.96. The lowest BCUT2D eigenvalue weighted by Crippen LogP contribution is -2.00. The van der Waals surface area contributed by atoms with Crippen LogP contribution in [-0.2, 0) is 0 Å². The fourth-order valence-corrected chi connectivity index (χ4v) is 2.03. The second-order valence-corrected chi connectivity index (χ2v) is 3.35. The minimum Gasteiger partial charge on any atom is -0.477 e. The van der Waals surface area contributed by atoms with E-state index >= 15 is 0 Å². The van der Waals surface area contributed by atoms with E-state index in [9.17, 15) is 4.79 Å². The van der Waals surface area contributed by atoms with Gasteiger partial charge >= 0.3 is 5.97 Å². The minimum absolute atomic E-state index is 0.150. The Morgan fingerprint density at radius 2 is 2.50 bits per heavy atom. The van der Waals surface area contributed by atoms with E-state index in [4.69, 9.17) is 16.7 Å². The van der Waals surface area contributed by atoms with Gasteiger partial charge in [-0.2, -0.15) is 0 Å². The molecule has 0 amide bonds. The second kappa shape index (κ2) is 2.46. The topological polar surface area (TPSA) is 54.6 Å². The molecule has 2 aromatic heterocycles. The molecule has 62 valence electrons. The molecule has 0 aliphatic carbocycles. The summed E-state index contributed by atoms with van der Waals surface area (Å²) in [6, 6.07) is 0. The van der Waals surface area contributed by atoms with E-state index in [1.807, 2.05) is 0 Å². The monoisotopic (exact) mass is 202 g/mol. The molecule has 1 N–H and O–H groups in total. The van der Waals surface area contributed by atoms with Crippen LogP contribution in [0.1, 0.15) is 10.5 Å². The van der Waals surface area contributed by atoms with Gasteiger partial charge in [-0.25, -0.2) is 9.78 Å². The molecule has 0 fully saturated rings. The van der Waals surface area contributed by atoms with E-state index in [2.05, 4.69) is 4.98 Å². The first-order valence-corrected chi connectivity index (χ1v) is 4.29. The highest BCUT2D eigenvalue weighted by Gasteiger charge is 2.13. The number of thiazole rings is 1. The molecule has 0 aliphatic heterocycles. The molecule has 0 bridgehead atoms. The summed E-state index contributed by atoms with van der Waals surface area (Å²) in [4.78, 5) is 15.1. The maximum absolute atomic E-state index is 10.6. The molecular weight excluding hydrogens is 200 g/mol. The van der Waals surface area contributed by atoms with E-state index in [0.29, 0.717) is 10.1 Å². The maximum Gasteiger partial charge on any atom is 0.353 e. The van der Waals surface area contributed by atoms with Crippen molar-refractivity contribution >= 4 is 33.9 Å². The van der Waals surface area contributed by atoms with Crippen LogP contribution < -0.4 is 0 Å². The van der Waals surface area contributed by atoms with Crippen LogP contribution in [0.25, 0.3) is 4.96 Å². The quantitative estimate of drug-likeness (QED) is 0.767. The van der Waals surface area contributed by atoms with Gasteiger partial charge in [-0.3, -0.25) is 4.40 Å². The van der Waals surface area contributed by atoms with Gasteiger partial charge in [0, 0.05) is 5.38 Å². The van der Waals surface area contributed by atoms with Crippen LogP contribution in [0.4, 0.5) is 0 Å². The molecular formula is C6H3ClN2O2S. The van der Waals surface area contributed by atoms with Gasteiger partial charge in [0.25, 0.3) is 0 Å². The number of aromatic nitrogens is 2. The van der Waals surface area contributed by atoms with Crippen LogP contribution in [0.15, 0.2) is 11.6 Å². The normalized spacial score (nSPS) is 10.8. The third kappa shape index (κ3) is 0.904. The van der Waals surface area contributed by atoms with Crippen molar-refractivity contribution in [2.45, 2.75) is 0 Å². The third-order valence-corrected chi connectivity index (χ3v) is 2.53. The summed E-state index contributed by atoms with van der Waals surface area (Å²) in [5.41, 5.74) is 0.150. The molecule has 0 spiro atoms. The number of carbonyl (C=O) groups is 1. The standard InChI is InChI=1S/C6H3ClN2O2S/c7-4-1-8-6-9(4)3(2-12-6)5(10)11/h1-2H,(H,10,11). The lowest BCUT2D eigenvalue weighted by molar-refractivity contribution is 0.0689.